The van der Waals surface area contributed by atoms with E-state index in [0.29, 0.717) is 13.0 Å². The van der Waals surface area contributed by atoms with Crippen LogP contribution in [0, 0.1) is 5.92 Å². The number of hydrogen-bond acceptors (Lipinski definition) is 4. The van der Waals surface area contributed by atoms with Gasteiger partial charge in [0.15, 0.2) is 0 Å². The van der Waals surface area contributed by atoms with Gasteiger partial charge in [-0.05, 0) is 47.4 Å². The molecule has 0 aliphatic heterocycles. The molecule has 0 heterocycles. The Hall–Kier alpha value is -3.35. The van der Waals surface area contributed by atoms with E-state index in [4.69, 9.17) is 9.84 Å². The van der Waals surface area contributed by atoms with Gasteiger partial charge in [-0.15, -0.1) is 0 Å². The molecule has 4 rings (SSSR count). The van der Waals surface area contributed by atoms with E-state index in [0.717, 1.165) is 35.1 Å². The molecule has 2 amide bonds. The summed E-state index contributed by atoms with van der Waals surface area (Å²) in [6.45, 7) is 2.17. The summed E-state index contributed by atoms with van der Waals surface area (Å²) in [5.41, 5.74) is 4.62. The Kier molecular flexibility index (Phi) is 6.96. The molecule has 7 heteroatoms. The van der Waals surface area contributed by atoms with Crippen LogP contribution in [0.3, 0.4) is 0 Å². The fourth-order valence-corrected chi connectivity index (χ4v) is 4.67. The number of nitrogens with zero attached hydrogens (tertiary/aromatic N) is 1. The van der Waals surface area contributed by atoms with Gasteiger partial charge in [0, 0.05) is 24.9 Å². The first-order chi connectivity index (χ1) is 16.0. The number of alkyl carbamates (subject to hydrolysis) is 1. The number of amides is 2. The van der Waals surface area contributed by atoms with Gasteiger partial charge in [0.1, 0.15) is 13.2 Å². The molecule has 2 aliphatic rings. The number of fused-ring (bicyclic) bond motifs is 3. The average Bonchev–Trinajstić information content (AvgIpc) is 3.60. The van der Waals surface area contributed by atoms with Crippen LogP contribution in [-0.2, 0) is 14.3 Å². The maximum absolute atomic E-state index is 12.7. The van der Waals surface area contributed by atoms with Gasteiger partial charge in [0.05, 0.1) is 0 Å². The van der Waals surface area contributed by atoms with Crippen LogP contribution in [-0.4, -0.2) is 53.7 Å². The van der Waals surface area contributed by atoms with Gasteiger partial charge >= 0.3 is 12.1 Å². The molecule has 2 aromatic rings. The Labute approximate surface area is 193 Å². The molecule has 33 heavy (non-hydrogen) atoms. The fourth-order valence-electron chi connectivity index (χ4n) is 4.67. The van der Waals surface area contributed by atoms with Crippen molar-refractivity contribution in [2.45, 2.75) is 44.6 Å². The summed E-state index contributed by atoms with van der Waals surface area (Å²) in [6, 6.07) is 16.0. The predicted octanol–water partition coefficient (Wildman–Crippen LogP) is 4.02. The van der Waals surface area contributed by atoms with Gasteiger partial charge in [-0.25, -0.2) is 4.79 Å². The summed E-state index contributed by atoms with van der Waals surface area (Å²) >= 11 is 0. The molecule has 0 saturated heterocycles. The summed E-state index contributed by atoms with van der Waals surface area (Å²) in [7, 11) is 0. The summed E-state index contributed by atoms with van der Waals surface area (Å²) in [4.78, 5) is 37.8. The molecule has 1 saturated carbocycles. The van der Waals surface area contributed by atoms with E-state index >= 15 is 0 Å². The number of nitrogens with one attached hydrogen (secondary N) is 1. The van der Waals surface area contributed by atoms with Crippen LogP contribution in [0.1, 0.15) is 49.7 Å². The van der Waals surface area contributed by atoms with Crippen molar-refractivity contribution in [2.24, 2.45) is 5.92 Å². The monoisotopic (exact) mass is 450 g/mol. The van der Waals surface area contributed by atoms with Gasteiger partial charge in [0.25, 0.3) is 0 Å². The highest BCUT2D eigenvalue weighted by Crippen LogP contribution is 2.44. The highest BCUT2D eigenvalue weighted by molar-refractivity contribution is 5.82. The Morgan fingerprint density at radius 3 is 2.21 bits per heavy atom. The molecule has 1 fully saturated rings. The van der Waals surface area contributed by atoms with Crippen molar-refractivity contribution >= 4 is 18.0 Å². The third-order valence-corrected chi connectivity index (χ3v) is 6.40. The van der Waals surface area contributed by atoms with Gasteiger partial charge in [-0.2, -0.15) is 0 Å². The zero-order valence-corrected chi connectivity index (χ0v) is 18.8. The number of aliphatic carboxylic acids is 1. The quantitative estimate of drug-likeness (QED) is 0.570. The summed E-state index contributed by atoms with van der Waals surface area (Å²) in [5, 5.41) is 12.0. The Morgan fingerprint density at radius 1 is 1.06 bits per heavy atom. The van der Waals surface area contributed by atoms with Crippen LogP contribution in [0.5, 0.6) is 0 Å². The van der Waals surface area contributed by atoms with Crippen molar-refractivity contribution in [3.05, 3.63) is 59.7 Å². The number of benzene rings is 2. The van der Waals surface area contributed by atoms with E-state index in [1.165, 1.54) is 4.90 Å². The number of rotatable bonds is 10. The molecule has 1 unspecified atom stereocenters. The average molecular weight is 451 g/mol. The van der Waals surface area contributed by atoms with E-state index in [2.05, 4.69) is 29.6 Å². The number of hydrogen-bond donors (Lipinski definition) is 2. The molecule has 7 nitrogen and oxygen atoms in total. The van der Waals surface area contributed by atoms with E-state index < -0.39 is 12.1 Å². The first-order valence-electron chi connectivity index (χ1n) is 11.6. The Morgan fingerprint density at radius 2 is 1.67 bits per heavy atom. The van der Waals surface area contributed by atoms with E-state index in [-0.39, 0.29) is 43.4 Å². The number of carbonyl (C=O) groups excluding carboxylic acids is 2. The normalized spacial score (nSPS) is 15.3. The van der Waals surface area contributed by atoms with E-state index in [1.54, 1.807) is 0 Å². The van der Waals surface area contributed by atoms with Crippen molar-refractivity contribution in [3.8, 4) is 11.1 Å². The van der Waals surface area contributed by atoms with Crippen molar-refractivity contribution in [1.29, 1.82) is 0 Å². The second-order valence-corrected chi connectivity index (χ2v) is 8.83. The lowest BCUT2D eigenvalue weighted by atomic mass is 9.98. The third-order valence-electron chi connectivity index (χ3n) is 6.40. The fraction of sp³-hybridized carbons (Fsp3) is 0.423. The topological polar surface area (TPSA) is 95.9 Å². The van der Waals surface area contributed by atoms with Crippen LogP contribution < -0.4 is 5.32 Å². The second-order valence-electron chi connectivity index (χ2n) is 8.83. The molecule has 2 N–H and O–H groups in total. The van der Waals surface area contributed by atoms with Gasteiger partial charge in [-0.1, -0.05) is 55.5 Å². The summed E-state index contributed by atoms with van der Waals surface area (Å²) in [6.07, 6.45) is 2.10. The predicted molar refractivity (Wildman–Crippen MR) is 124 cm³/mol. The standard InChI is InChI=1S/C26H30N2O5/c1-2-13-28(15-25(30)31)24(29)14-23(17-11-12-17)27-26(32)33-16-22-20-9-5-3-7-18(20)19-8-4-6-10-21(19)22/h3-10,17,22-23H,2,11-16H2,1H3,(H,27,32)(H,30,31). The van der Waals surface area contributed by atoms with Gasteiger partial charge in [0.2, 0.25) is 5.91 Å². The van der Waals surface area contributed by atoms with Crippen molar-refractivity contribution in [3.63, 3.8) is 0 Å². The summed E-state index contributed by atoms with van der Waals surface area (Å²) in [5.74, 6) is -1.10. The maximum atomic E-state index is 12.7. The van der Waals surface area contributed by atoms with Crippen LogP contribution in [0.15, 0.2) is 48.5 Å². The summed E-state index contributed by atoms with van der Waals surface area (Å²) < 4.78 is 5.63. The van der Waals surface area contributed by atoms with Crippen LogP contribution in [0.4, 0.5) is 4.79 Å². The lowest BCUT2D eigenvalue weighted by Crippen LogP contribution is -2.44. The third kappa shape index (κ3) is 5.35. The molecule has 0 radical (unpaired) electrons. The number of carboxylic acid groups (broad SMARTS) is 1. The van der Waals surface area contributed by atoms with Crippen molar-refractivity contribution < 1.29 is 24.2 Å². The van der Waals surface area contributed by atoms with E-state index in [9.17, 15) is 14.4 Å². The molecule has 2 aromatic carbocycles. The van der Waals surface area contributed by atoms with Crippen LogP contribution in [0.2, 0.25) is 0 Å². The molecule has 0 bridgehead atoms. The van der Waals surface area contributed by atoms with Crippen molar-refractivity contribution in [2.75, 3.05) is 19.7 Å². The zero-order chi connectivity index (χ0) is 23.4. The minimum absolute atomic E-state index is 0.0280. The molecule has 1 atom stereocenters. The zero-order valence-electron chi connectivity index (χ0n) is 18.8. The number of carbonyl (C=O) groups is 3. The maximum Gasteiger partial charge on any atom is 0.407 e. The molecular weight excluding hydrogens is 420 g/mol. The van der Waals surface area contributed by atoms with E-state index in [1.807, 2.05) is 31.2 Å². The van der Waals surface area contributed by atoms with Crippen LogP contribution in [0.25, 0.3) is 11.1 Å². The lowest BCUT2D eigenvalue weighted by Gasteiger charge is -2.24. The minimum atomic E-state index is -1.04. The minimum Gasteiger partial charge on any atom is -0.480 e. The highest BCUT2D eigenvalue weighted by Gasteiger charge is 2.36. The highest BCUT2D eigenvalue weighted by atomic mass is 16.5. The number of ether oxygens (including phenoxy) is 1. The first-order valence-corrected chi connectivity index (χ1v) is 11.6. The second kappa shape index (κ2) is 10.1. The Balaban J connectivity index is 1.37. The molecule has 174 valence electrons. The Bertz CT molecular complexity index is 987. The molecule has 0 spiro atoms. The number of carboxylic acids is 1. The SMILES string of the molecule is CCCN(CC(=O)O)C(=O)CC(NC(=O)OCC1c2ccccc2-c2ccccc21)C1CC1. The van der Waals surface area contributed by atoms with Gasteiger partial charge in [-0.3, -0.25) is 9.59 Å². The van der Waals surface area contributed by atoms with Gasteiger partial charge < -0.3 is 20.1 Å². The van der Waals surface area contributed by atoms with Crippen LogP contribution >= 0.6 is 0 Å². The molecule has 0 aromatic heterocycles. The lowest BCUT2D eigenvalue weighted by molar-refractivity contribution is -0.144. The largest absolute Gasteiger partial charge is 0.480 e. The molecule has 2 aliphatic carbocycles. The molecular formula is C26H30N2O5. The van der Waals surface area contributed by atoms with Crippen molar-refractivity contribution in [1.82, 2.24) is 10.2 Å². The smallest absolute Gasteiger partial charge is 0.407 e. The first kappa shape index (κ1) is 22.8.